The van der Waals surface area contributed by atoms with Crippen molar-refractivity contribution in [3.63, 3.8) is 0 Å². The normalized spacial score (nSPS) is 22.7. The highest BCUT2D eigenvalue weighted by molar-refractivity contribution is 7.11. The van der Waals surface area contributed by atoms with Gasteiger partial charge in [0.2, 0.25) is 5.91 Å². The van der Waals surface area contributed by atoms with Crippen molar-refractivity contribution in [2.45, 2.75) is 59.9 Å². The Hall–Kier alpha value is -0.940. The van der Waals surface area contributed by atoms with E-state index in [-0.39, 0.29) is 11.3 Å². The molecule has 5 heteroatoms. The lowest BCUT2D eigenvalue weighted by Gasteiger charge is -2.38. The van der Waals surface area contributed by atoms with Gasteiger partial charge in [0.25, 0.3) is 0 Å². The standard InChI is InChI=1S/C17H29N3OS/c1-5-8-15-19-13(3)14(22-15)11-18-16(21)17(4)9-7-10-20(6-2)12-17/h5-12H2,1-4H3,(H,18,21)/t17-/m0/s1. The number of aromatic nitrogens is 1. The van der Waals surface area contributed by atoms with Crippen molar-refractivity contribution in [2.24, 2.45) is 5.41 Å². The first-order valence-electron chi connectivity index (χ1n) is 8.44. The molecule has 0 spiro atoms. The third-order valence-corrected chi connectivity index (χ3v) is 5.80. The number of rotatable bonds is 6. The molecule has 0 radical (unpaired) electrons. The van der Waals surface area contributed by atoms with Gasteiger partial charge in [0.05, 0.1) is 22.7 Å². The van der Waals surface area contributed by atoms with Crippen LogP contribution in [0.2, 0.25) is 0 Å². The zero-order valence-electron chi connectivity index (χ0n) is 14.4. The van der Waals surface area contributed by atoms with Gasteiger partial charge in [-0.3, -0.25) is 4.79 Å². The number of amides is 1. The number of nitrogens with one attached hydrogen (secondary N) is 1. The Labute approximate surface area is 138 Å². The van der Waals surface area contributed by atoms with E-state index in [2.05, 4.69) is 36.0 Å². The summed E-state index contributed by atoms with van der Waals surface area (Å²) in [6, 6.07) is 0. The predicted molar refractivity (Wildman–Crippen MR) is 92.1 cm³/mol. The van der Waals surface area contributed by atoms with Gasteiger partial charge in [0, 0.05) is 11.4 Å². The summed E-state index contributed by atoms with van der Waals surface area (Å²) in [6.07, 6.45) is 4.24. The van der Waals surface area contributed by atoms with Crippen LogP contribution in [0, 0.1) is 12.3 Å². The van der Waals surface area contributed by atoms with E-state index in [0.717, 1.165) is 51.0 Å². The molecule has 1 fully saturated rings. The summed E-state index contributed by atoms with van der Waals surface area (Å²) in [5, 5.41) is 4.34. The molecule has 1 N–H and O–H groups in total. The number of hydrogen-bond donors (Lipinski definition) is 1. The number of nitrogens with zero attached hydrogens (tertiary/aromatic N) is 2. The molecule has 2 heterocycles. The largest absolute Gasteiger partial charge is 0.351 e. The minimum absolute atomic E-state index is 0.190. The molecule has 0 aliphatic carbocycles. The monoisotopic (exact) mass is 323 g/mol. The number of aryl methyl sites for hydroxylation is 2. The molecule has 1 aromatic rings. The molecule has 22 heavy (non-hydrogen) atoms. The van der Waals surface area contributed by atoms with Gasteiger partial charge in [-0.2, -0.15) is 0 Å². The first-order chi connectivity index (χ1) is 10.5. The molecular formula is C17H29N3OS. The van der Waals surface area contributed by atoms with Crippen molar-refractivity contribution in [1.82, 2.24) is 15.2 Å². The Kier molecular flexibility index (Phi) is 5.98. The lowest BCUT2D eigenvalue weighted by atomic mass is 9.81. The molecule has 4 nitrogen and oxygen atoms in total. The second kappa shape index (κ2) is 7.55. The topological polar surface area (TPSA) is 45.2 Å². The molecule has 0 bridgehead atoms. The maximum absolute atomic E-state index is 12.6. The Bertz CT molecular complexity index is 514. The summed E-state index contributed by atoms with van der Waals surface area (Å²) in [4.78, 5) is 20.8. The molecule has 1 aliphatic rings. The van der Waals surface area contributed by atoms with Crippen LogP contribution in [0.25, 0.3) is 0 Å². The molecule has 1 aliphatic heterocycles. The summed E-state index contributed by atoms with van der Waals surface area (Å²) >= 11 is 1.74. The van der Waals surface area contributed by atoms with Crippen LogP contribution in [0.3, 0.4) is 0 Å². The lowest BCUT2D eigenvalue weighted by molar-refractivity contribution is -0.133. The average molecular weight is 324 g/mol. The number of carbonyl (C=O) groups excluding carboxylic acids is 1. The smallest absolute Gasteiger partial charge is 0.227 e. The zero-order chi connectivity index (χ0) is 16.2. The first kappa shape index (κ1) is 17.4. The van der Waals surface area contributed by atoms with Gasteiger partial charge < -0.3 is 10.2 Å². The van der Waals surface area contributed by atoms with Crippen LogP contribution in [0.5, 0.6) is 0 Å². The second-order valence-corrected chi connectivity index (χ2v) is 7.75. The van der Waals surface area contributed by atoms with E-state index in [0.29, 0.717) is 6.54 Å². The molecule has 0 unspecified atom stereocenters. The van der Waals surface area contributed by atoms with Gasteiger partial charge in [-0.05, 0) is 52.6 Å². The van der Waals surface area contributed by atoms with Crippen molar-refractivity contribution >= 4 is 17.2 Å². The van der Waals surface area contributed by atoms with Gasteiger partial charge in [-0.25, -0.2) is 4.98 Å². The van der Waals surface area contributed by atoms with E-state index in [4.69, 9.17) is 0 Å². The highest BCUT2D eigenvalue weighted by Gasteiger charge is 2.37. The fraction of sp³-hybridized carbons (Fsp3) is 0.765. The summed E-state index contributed by atoms with van der Waals surface area (Å²) in [6.45, 7) is 12.1. The van der Waals surface area contributed by atoms with E-state index in [9.17, 15) is 4.79 Å². The SMILES string of the molecule is CCCc1nc(C)c(CNC(=O)[C@@]2(C)CCCN(CC)C2)s1. The van der Waals surface area contributed by atoms with Crippen LogP contribution < -0.4 is 5.32 Å². The van der Waals surface area contributed by atoms with Gasteiger partial charge in [0.1, 0.15) is 0 Å². The maximum atomic E-state index is 12.6. The average Bonchev–Trinajstić information content (AvgIpc) is 2.85. The predicted octanol–water partition coefficient (Wildman–Crippen LogP) is 3.14. The minimum Gasteiger partial charge on any atom is -0.351 e. The number of carbonyl (C=O) groups is 1. The third-order valence-electron chi connectivity index (χ3n) is 4.58. The lowest BCUT2D eigenvalue weighted by Crippen LogP contribution is -2.50. The van der Waals surface area contributed by atoms with Crippen molar-refractivity contribution < 1.29 is 4.79 Å². The summed E-state index contributed by atoms with van der Waals surface area (Å²) < 4.78 is 0. The minimum atomic E-state index is -0.251. The molecule has 124 valence electrons. The Morgan fingerprint density at radius 3 is 2.91 bits per heavy atom. The molecular weight excluding hydrogens is 294 g/mol. The van der Waals surface area contributed by atoms with Crippen molar-refractivity contribution in [1.29, 1.82) is 0 Å². The quantitative estimate of drug-likeness (QED) is 0.875. The Morgan fingerprint density at radius 1 is 1.45 bits per heavy atom. The summed E-state index contributed by atoms with van der Waals surface area (Å²) in [5.41, 5.74) is 0.816. The van der Waals surface area contributed by atoms with Gasteiger partial charge >= 0.3 is 0 Å². The second-order valence-electron chi connectivity index (χ2n) is 6.58. The van der Waals surface area contributed by atoms with E-state index < -0.39 is 0 Å². The molecule has 1 saturated heterocycles. The molecule has 2 rings (SSSR count). The van der Waals surface area contributed by atoms with Crippen molar-refractivity contribution in [2.75, 3.05) is 19.6 Å². The van der Waals surface area contributed by atoms with E-state index in [1.54, 1.807) is 11.3 Å². The van der Waals surface area contributed by atoms with Gasteiger partial charge in [-0.1, -0.05) is 13.8 Å². The van der Waals surface area contributed by atoms with E-state index in [1.807, 2.05) is 6.92 Å². The highest BCUT2D eigenvalue weighted by atomic mass is 32.1. The van der Waals surface area contributed by atoms with E-state index >= 15 is 0 Å². The van der Waals surface area contributed by atoms with Crippen LogP contribution in [-0.4, -0.2) is 35.4 Å². The Morgan fingerprint density at radius 2 is 2.23 bits per heavy atom. The van der Waals surface area contributed by atoms with Crippen LogP contribution in [-0.2, 0) is 17.8 Å². The summed E-state index contributed by atoms with van der Waals surface area (Å²) in [5.74, 6) is 0.190. The highest BCUT2D eigenvalue weighted by Crippen LogP contribution is 2.30. The molecule has 0 saturated carbocycles. The fourth-order valence-corrected chi connectivity index (χ4v) is 4.26. The van der Waals surface area contributed by atoms with Crippen molar-refractivity contribution in [3.8, 4) is 0 Å². The molecule has 1 atom stereocenters. The first-order valence-corrected chi connectivity index (χ1v) is 9.26. The van der Waals surface area contributed by atoms with Crippen LogP contribution in [0.1, 0.15) is 55.6 Å². The Balaban J connectivity index is 1.94. The summed E-state index contributed by atoms with van der Waals surface area (Å²) in [7, 11) is 0. The number of piperidine rings is 1. The fourth-order valence-electron chi connectivity index (χ4n) is 3.15. The van der Waals surface area contributed by atoms with E-state index in [1.165, 1.54) is 9.88 Å². The molecule has 1 aromatic heterocycles. The van der Waals surface area contributed by atoms with Crippen LogP contribution in [0.15, 0.2) is 0 Å². The number of thiazole rings is 1. The maximum Gasteiger partial charge on any atom is 0.227 e. The third kappa shape index (κ3) is 4.07. The van der Waals surface area contributed by atoms with Crippen LogP contribution in [0.4, 0.5) is 0 Å². The van der Waals surface area contributed by atoms with Crippen molar-refractivity contribution in [3.05, 3.63) is 15.6 Å². The van der Waals surface area contributed by atoms with Gasteiger partial charge in [0.15, 0.2) is 0 Å². The van der Waals surface area contributed by atoms with Gasteiger partial charge in [-0.15, -0.1) is 11.3 Å². The number of hydrogen-bond acceptors (Lipinski definition) is 4. The zero-order valence-corrected chi connectivity index (χ0v) is 15.2. The molecule has 0 aromatic carbocycles. The van der Waals surface area contributed by atoms with Crippen LogP contribution >= 0.6 is 11.3 Å². The number of likely N-dealkylation sites (tertiary alicyclic amines) is 1. The molecule has 1 amide bonds.